The van der Waals surface area contributed by atoms with E-state index in [1.165, 1.54) is 18.3 Å². The fraction of sp³-hybridized carbons (Fsp3) is 0.294. The molecule has 0 saturated heterocycles. The third-order valence-corrected chi connectivity index (χ3v) is 4.26. The molecule has 2 aromatic heterocycles. The molecule has 0 aliphatic heterocycles. The molecule has 0 fully saturated rings. The van der Waals surface area contributed by atoms with Gasteiger partial charge in [0.05, 0.1) is 17.7 Å². The first-order chi connectivity index (χ1) is 11.6. The predicted molar refractivity (Wildman–Crippen MR) is 90.8 cm³/mol. The third-order valence-electron chi connectivity index (χ3n) is 3.98. The van der Waals surface area contributed by atoms with Crippen LogP contribution >= 0.6 is 11.6 Å². The molecule has 0 aliphatic rings. The summed E-state index contributed by atoms with van der Waals surface area (Å²) in [6.45, 7) is 2.40. The van der Waals surface area contributed by atoms with Crippen molar-refractivity contribution in [2.24, 2.45) is 0 Å². The number of hydrogen-bond acceptors (Lipinski definition) is 4. The average molecular weight is 350 g/mol. The lowest BCUT2D eigenvalue weighted by Crippen LogP contribution is -2.14. The van der Waals surface area contributed by atoms with E-state index in [-0.39, 0.29) is 17.9 Å². The molecule has 0 radical (unpaired) electrons. The fourth-order valence-electron chi connectivity index (χ4n) is 2.83. The molecular weight excluding hydrogens is 333 g/mol. The first-order valence-corrected chi connectivity index (χ1v) is 7.94. The zero-order valence-corrected chi connectivity index (χ0v) is 14.1. The van der Waals surface area contributed by atoms with Crippen molar-refractivity contribution in [3.05, 3.63) is 41.3 Å². The summed E-state index contributed by atoms with van der Waals surface area (Å²) >= 11 is 6.37. The molecule has 24 heavy (non-hydrogen) atoms. The van der Waals surface area contributed by atoms with Crippen LogP contribution in [0.15, 0.2) is 30.5 Å². The highest BCUT2D eigenvalue weighted by Crippen LogP contribution is 2.38. The van der Waals surface area contributed by atoms with Crippen LogP contribution < -0.4 is 0 Å². The van der Waals surface area contributed by atoms with E-state index in [0.717, 1.165) is 12.0 Å². The highest BCUT2D eigenvalue weighted by molar-refractivity contribution is 6.34. The smallest absolute Gasteiger partial charge is 0.296 e. The topological polar surface area (TPSA) is 60.2 Å². The van der Waals surface area contributed by atoms with E-state index in [2.05, 4.69) is 9.97 Å². The van der Waals surface area contributed by atoms with Crippen molar-refractivity contribution in [2.45, 2.75) is 19.4 Å². The highest BCUT2D eigenvalue weighted by Gasteiger charge is 2.23. The predicted octanol–water partition coefficient (Wildman–Crippen LogP) is 4.19. The van der Waals surface area contributed by atoms with E-state index in [1.54, 1.807) is 23.8 Å². The molecule has 5 nitrogen and oxygen atoms in total. The monoisotopic (exact) mass is 349 g/mol. The molecule has 0 amide bonds. The summed E-state index contributed by atoms with van der Waals surface area (Å²) in [6, 6.07) is 5.74. The standard InChI is InChI=1S/C17H17ClFN3O2/c1-3-12(9-24-2)22-15-14(10-4-6-11(19)7-5-10)13(18)8-20-16(15)21-17(22)23/h4-8,12H,3,9H2,1-2H3,(H,20,21,23)/t12-/m0/s1. The van der Waals surface area contributed by atoms with Crippen LogP contribution in [0.1, 0.15) is 19.4 Å². The van der Waals surface area contributed by atoms with Crippen LogP contribution in [0, 0.1) is 5.82 Å². The quantitative estimate of drug-likeness (QED) is 0.750. The van der Waals surface area contributed by atoms with Gasteiger partial charge in [0, 0.05) is 18.9 Å². The van der Waals surface area contributed by atoms with E-state index in [9.17, 15) is 9.50 Å². The minimum absolute atomic E-state index is 0.125. The van der Waals surface area contributed by atoms with Crippen molar-refractivity contribution in [3.8, 4) is 17.1 Å². The van der Waals surface area contributed by atoms with E-state index in [1.807, 2.05) is 6.92 Å². The first-order valence-electron chi connectivity index (χ1n) is 7.57. The number of rotatable bonds is 5. The molecule has 1 atom stereocenters. The van der Waals surface area contributed by atoms with Crippen LogP contribution in [0.4, 0.5) is 4.39 Å². The normalized spacial score (nSPS) is 12.7. The number of halogens is 2. The van der Waals surface area contributed by atoms with Gasteiger partial charge in [-0.1, -0.05) is 30.7 Å². The number of ether oxygens (including phenoxy) is 1. The van der Waals surface area contributed by atoms with Crippen molar-refractivity contribution < 1.29 is 14.2 Å². The van der Waals surface area contributed by atoms with Gasteiger partial charge >= 0.3 is 0 Å². The molecule has 7 heteroatoms. The van der Waals surface area contributed by atoms with Crippen LogP contribution in [-0.2, 0) is 4.74 Å². The maximum absolute atomic E-state index is 13.3. The fourth-order valence-corrected chi connectivity index (χ4v) is 3.08. The van der Waals surface area contributed by atoms with E-state index in [4.69, 9.17) is 16.3 Å². The Bertz CT molecular complexity index is 864. The molecule has 3 aromatic rings. The Balaban J connectivity index is 2.32. The van der Waals surface area contributed by atoms with Crippen molar-refractivity contribution in [3.63, 3.8) is 0 Å². The molecule has 2 heterocycles. The molecule has 0 saturated carbocycles. The highest BCUT2D eigenvalue weighted by atomic mass is 35.5. The van der Waals surface area contributed by atoms with Gasteiger partial charge in [0.1, 0.15) is 11.3 Å². The number of methoxy groups -OCH3 is 1. The summed E-state index contributed by atoms with van der Waals surface area (Å²) in [7, 11) is 1.60. The second-order valence-electron chi connectivity index (χ2n) is 5.46. The number of aromatic hydroxyl groups is 1. The first kappa shape index (κ1) is 16.7. The second kappa shape index (κ2) is 6.75. The lowest BCUT2D eigenvalue weighted by Gasteiger charge is -2.19. The Hall–Kier alpha value is -2.18. The van der Waals surface area contributed by atoms with Crippen LogP contribution in [0.5, 0.6) is 6.01 Å². The molecule has 126 valence electrons. The molecule has 0 spiro atoms. The molecule has 1 aromatic carbocycles. The molecular formula is C17H17ClFN3O2. The summed E-state index contributed by atoms with van der Waals surface area (Å²) in [4.78, 5) is 8.33. The summed E-state index contributed by atoms with van der Waals surface area (Å²) in [5.41, 5.74) is 2.37. The molecule has 0 aliphatic carbocycles. The number of hydrogen-bond donors (Lipinski definition) is 1. The Morgan fingerprint density at radius 3 is 2.67 bits per heavy atom. The molecule has 3 rings (SSSR count). The largest absolute Gasteiger partial charge is 0.480 e. The van der Waals surface area contributed by atoms with Gasteiger partial charge in [-0.3, -0.25) is 4.57 Å². The van der Waals surface area contributed by atoms with Gasteiger partial charge in [-0.05, 0) is 24.1 Å². The number of nitrogens with zero attached hydrogens (tertiary/aromatic N) is 3. The lowest BCUT2D eigenvalue weighted by atomic mass is 10.1. The zero-order valence-electron chi connectivity index (χ0n) is 13.3. The van der Waals surface area contributed by atoms with Gasteiger partial charge in [0.25, 0.3) is 6.01 Å². The Labute approximate surface area is 143 Å². The second-order valence-corrected chi connectivity index (χ2v) is 5.87. The molecule has 1 N–H and O–H groups in total. The minimum Gasteiger partial charge on any atom is -0.480 e. The number of benzene rings is 1. The van der Waals surface area contributed by atoms with Crippen LogP contribution in [0.2, 0.25) is 5.02 Å². The van der Waals surface area contributed by atoms with Crippen molar-refractivity contribution in [1.82, 2.24) is 14.5 Å². The van der Waals surface area contributed by atoms with Gasteiger partial charge in [-0.15, -0.1) is 0 Å². The van der Waals surface area contributed by atoms with Crippen LogP contribution in [0.3, 0.4) is 0 Å². The zero-order chi connectivity index (χ0) is 17.3. The Morgan fingerprint density at radius 1 is 1.33 bits per heavy atom. The third kappa shape index (κ3) is 2.83. The SMILES string of the molecule is CC[C@@H](COC)n1c(O)nc2ncc(Cl)c(-c3ccc(F)cc3)c21. The van der Waals surface area contributed by atoms with Crippen LogP contribution in [0.25, 0.3) is 22.3 Å². The Morgan fingerprint density at radius 2 is 2.04 bits per heavy atom. The number of pyridine rings is 1. The summed E-state index contributed by atoms with van der Waals surface area (Å²) < 4.78 is 20.2. The number of fused-ring (bicyclic) bond motifs is 1. The van der Waals surface area contributed by atoms with Crippen molar-refractivity contribution >= 4 is 22.8 Å². The summed E-state index contributed by atoms with van der Waals surface area (Å²) in [6.07, 6.45) is 2.21. The summed E-state index contributed by atoms with van der Waals surface area (Å²) in [5.74, 6) is -0.331. The van der Waals surface area contributed by atoms with Gasteiger partial charge in [-0.25, -0.2) is 9.37 Å². The van der Waals surface area contributed by atoms with Gasteiger partial charge < -0.3 is 9.84 Å². The maximum atomic E-state index is 13.3. The maximum Gasteiger partial charge on any atom is 0.296 e. The number of imidazole rings is 1. The van der Waals surface area contributed by atoms with Gasteiger partial charge in [0.15, 0.2) is 5.65 Å². The molecule has 0 unspecified atom stereocenters. The summed E-state index contributed by atoms with van der Waals surface area (Å²) in [5, 5.41) is 10.7. The van der Waals surface area contributed by atoms with Crippen LogP contribution in [-0.4, -0.2) is 33.4 Å². The lowest BCUT2D eigenvalue weighted by molar-refractivity contribution is 0.150. The molecule has 0 bridgehead atoms. The van der Waals surface area contributed by atoms with E-state index in [0.29, 0.717) is 28.4 Å². The Kier molecular flexibility index (Phi) is 4.69. The minimum atomic E-state index is -0.331. The van der Waals surface area contributed by atoms with Gasteiger partial charge in [0.2, 0.25) is 0 Å². The van der Waals surface area contributed by atoms with Crippen molar-refractivity contribution in [2.75, 3.05) is 13.7 Å². The van der Waals surface area contributed by atoms with Crippen molar-refractivity contribution in [1.29, 1.82) is 0 Å². The van der Waals surface area contributed by atoms with E-state index < -0.39 is 0 Å². The number of aromatic nitrogens is 3. The average Bonchev–Trinajstić information content (AvgIpc) is 2.90. The van der Waals surface area contributed by atoms with Gasteiger partial charge in [-0.2, -0.15) is 4.98 Å². The van der Waals surface area contributed by atoms with E-state index >= 15 is 0 Å².